The molecule has 6 nitrogen and oxygen atoms in total. The van der Waals surface area contributed by atoms with Crippen molar-refractivity contribution in [2.45, 2.75) is 50.4 Å². The third kappa shape index (κ3) is 4.05. The SMILES string of the molecule is CCc1ccc([C@@H]2C[C@H](CO)[C@@H](O)[C@H](O)[C@H]2O)cc1Cc1ccc2c(c1)NCCO2. The molecule has 0 bridgehead atoms. The quantitative estimate of drug-likeness (QED) is 0.513. The van der Waals surface area contributed by atoms with Gasteiger partial charge in [-0.05, 0) is 53.6 Å². The fourth-order valence-electron chi connectivity index (χ4n) is 4.74. The molecular weight excluding hydrogens is 382 g/mol. The van der Waals surface area contributed by atoms with Crippen LogP contribution in [-0.4, -0.2) is 58.5 Å². The summed E-state index contributed by atoms with van der Waals surface area (Å²) in [7, 11) is 0. The number of anilines is 1. The molecule has 5 N–H and O–H groups in total. The van der Waals surface area contributed by atoms with Crippen molar-refractivity contribution in [2.75, 3.05) is 25.1 Å². The Labute approximate surface area is 177 Å². The molecule has 1 aliphatic heterocycles. The first-order valence-corrected chi connectivity index (χ1v) is 10.8. The van der Waals surface area contributed by atoms with Gasteiger partial charge in [0.05, 0.1) is 17.9 Å². The number of ether oxygens (including phenoxy) is 1. The first kappa shape index (κ1) is 21.1. The van der Waals surface area contributed by atoms with Gasteiger partial charge in [0.15, 0.2) is 0 Å². The van der Waals surface area contributed by atoms with E-state index in [2.05, 4.69) is 36.5 Å². The minimum Gasteiger partial charge on any atom is -0.490 e. The minimum absolute atomic E-state index is 0.217. The van der Waals surface area contributed by atoms with E-state index >= 15 is 0 Å². The van der Waals surface area contributed by atoms with Gasteiger partial charge in [-0.1, -0.05) is 31.2 Å². The van der Waals surface area contributed by atoms with Gasteiger partial charge in [0.25, 0.3) is 0 Å². The van der Waals surface area contributed by atoms with Gasteiger partial charge in [-0.2, -0.15) is 0 Å². The molecule has 0 radical (unpaired) electrons. The largest absolute Gasteiger partial charge is 0.490 e. The van der Waals surface area contributed by atoms with Crippen LogP contribution in [0.25, 0.3) is 0 Å². The summed E-state index contributed by atoms with van der Waals surface area (Å²) in [5.41, 5.74) is 5.54. The highest BCUT2D eigenvalue weighted by Gasteiger charge is 2.42. The third-order valence-electron chi connectivity index (χ3n) is 6.54. The van der Waals surface area contributed by atoms with E-state index in [1.807, 2.05) is 12.1 Å². The topological polar surface area (TPSA) is 102 Å². The van der Waals surface area contributed by atoms with Gasteiger partial charge in [0.1, 0.15) is 18.5 Å². The van der Waals surface area contributed by atoms with Crippen molar-refractivity contribution in [1.82, 2.24) is 0 Å². The van der Waals surface area contributed by atoms with Crippen molar-refractivity contribution in [3.05, 3.63) is 58.7 Å². The first-order valence-electron chi connectivity index (χ1n) is 10.8. The Balaban J connectivity index is 1.62. The van der Waals surface area contributed by atoms with E-state index in [1.54, 1.807) is 0 Å². The lowest BCUT2D eigenvalue weighted by Gasteiger charge is -2.40. The van der Waals surface area contributed by atoms with E-state index in [1.165, 1.54) is 16.7 Å². The molecule has 1 heterocycles. The van der Waals surface area contributed by atoms with Crippen LogP contribution in [0, 0.1) is 5.92 Å². The molecule has 2 aromatic rings. The summed E-state index contributed by atoms with van der Waals surface area (Å²) in [6.07, 6.45) is -1.35. The van der Waals surface area contributed by atoms with Crippen molar-refractivity contribution in [3.63, 3.8) is 0 Å². The molecule has 2 aliphatic rings. The van der Waals surface area contributed by atoms with Gasteiger partial charge in [-0.25, -0.2) is 0 Å². The molecule has 30 heavy (non-hydrogen) atoms. The maximum absolute atomic E-state index is 10.6. The fraction of sp³-hybridized carbons (Fsp3) is 0.500. The zero-order valence-electron chi connectivity index (χ0n) is 17.3. The summed E-state index contributed by atoms with van der Waals surface area (Å²) in [6, 6.07) is 12.4. The van der Waals surface area contributed by atoms with Gasteiger partial charge in [-0.3, -0.25) is 0 Å². The fourth-order valence-corrected chi connectivity index (χ4v) is 4.74. The Morgan fingerprint density at radius 1 is 1.00 bits per heavy atom. The Morgan fingerprint density at radius 2 is 1.83 bits per heavy atom. The number of benzene rings is 2. The molecule has 0 unspecified atom stereocenters. The zero-order valence-corrected chi connectivity index (χ0v) is 17.3. The number of aliphatic hydroxyl groups is 4. The highest BCUT2D eigenvalue weighted by atomic mass is 16.5. The van der Waals surface area contributed by atoms with E-state index in [4.69, 9.17) is 4.74 Å². The summed E-state index contributed by atoms with van der Waals surface area (Å²) in [6.45, 7) is 3.38. The van der Waals surface area contributed by atoms with E-state index in [9.17, 15) is 20.4 Å². The van der Waals surface area contributed by atoms with Crippen LogP contribution in [0.1, 0.15) is 41.5 Å². The van der Waals surface area contributed by atoms with Crippen LogP contribution in [-0.2, 0) is 12.8 Å². The van der Waals surface area contributed by atoms with Crippen LogP contribution in [0.4, 0.5) is 5.69 Å². The summed E-state index contributed by atoms with van der Waals surface area (Å²) >= 11 is 0. The molecule has 0 spiro atoms. The second-order valence-electron chi connectivity index (χ2n) is 8.42. The van der Waals surface area contributed by atoms with E-state index < -0.39 is 24.2 Å². The molecule has 5 atom stereocenters. The summed E-state index contributed by atoms with van der Waals surface area (Å²) in [5, 5.41) is 43.9. The van der Waals surface area contributed by atoms with Gasteiger partial charge in [-0.15, -0.1) is 0 Å². The van der Waals surface area contributed by atoms with Crippen molar-refractivity contribution in [1.29, 1.82) is 0 Å². The average Bonchev–Trinajstić information content (AvgIpc) is 2.77. The van der Waals surface area contributed by atoms with E-state index in [0.29, 0.717) is 13.0 Å². The number of aryl methyl sites for hydroxylation is 1. The summed E-state index contributed by atoms with van der Waals surface area (Å²) in [4.78, 5) is 0. The molecule has 162 valence electrons. The molecule has 2 aromatic carbocycles. The predicted octanol–water partition coefficient (Wildman–Crippen LogP) is 1.82. The van der Waals surface area contributed by atoms with Gasteiger partial charge < -0.3 is 30.5 Å². The Hall–Kier alpha value is -2.12. The molecule has 6 heteroatoms. The normalized spacial score (nSPS) is 28.4. The Kier molecular flexibility index (Phi) is 6.29. The van der Waals surface area contributed by atoms with Crippen LogP contribution in [0.2, 0.25) is 0 Å². The number of rotatable bonds is 5. The Bertz CT molecular complexity index is 884. The van der Waals surface area contributed by atoms with Gasteiger partial charge >= 0.3 is 0 Å². The second-order valence-corrected chi connectivity index (χ2v) is 8.42. The van der Waals surface area contributed by atoms with E-state index in [-0.39, 0.29) is 12.5 Å². The number of nitrogens with one attached hydrogen (secondary N) is 1. The second kappa shape index (κ2) is 8.94. The lowest BCUT2D eigenvalue weighted by Crippen LogP contribution is -2.51. The minimum atomic E-state index is -1.26. The molecule has 1 fully saturated rings. The average molecular weight is 414 g/mol. The number of hydrogen-bond acceptors (Lipinski definition) is 6. The molecule has 0 saturated heterocycles. The smallest absolute Gasteiger partial charge is 0.142 e. The molecule has 1 saturated carbocycles. The molecular formula is C24H31NO5. The number of fused-ring (bicyclic) bond motifs is 1. The van der Waals surface area contributed by atoms with Crippen molar-refractivity contribution < 1.29 is 25.2 Å². The monoisotopic (exact) mass is 413 g/mol. The van der Waals surface area contributed by atoms with Crippen LogP contribution in [0.5, 0.6) is 5.75 Å². The van der Waals surface area contributed by atoms with Crippen LogP contribution < -0.4 is 10.1 Å². The standard InChI is InChI=1S/C24H31NO5/c1-2-15-4-5-16(19-12-18(13-26)22(27)24(29)23(19)28)11-17(15)9-14-3-6-21-20(10-14)25-7-8-30-21/h3-6,10-11,18-19,22-29H,2,7-9,12-13H2,1H3/t18-,19+,22-,23+,24+/m1/s1. The maximum Gasteiger partial charge on any atom is 0.142 e. The molecule has 4 rings (SSSR count). The lowest BCUT2D eigenvalue weighted by atomic mass is 9.72. The van der Waals surface area contributed by atoms with E-state index in [0.717, 1.165) is 36.4 Å². The summed E-state index contributed by atoms with van der Waals surface area (Å²) < 4.78 is 5.67. The Morgan fingerprint density at radius 3 is 2.60 bits per heavy atom. The highest BCUT2D eigenvalue weighted by molar-refractivity contribution is 5.59. The van der Waals surface area contributed by atoms with Crippen LogP contribution in [0.3, 0.4) is 0 Å². The lowest BCUT2D eigenvalue weighted by molar-refractivity contribution is -0.127. The van der Waals surface area contributed by atoms with Crippen LogP contribution >= 0.6 is 0 Å². The molecule has 1 aliphatic carbocycles. The highest BCUT2D eigenvalue weighted by Crippen LogP contribution is 2.38. The predicted molar refractivity (Wildman–Crippen MR) is 115 cm³/mol. The van der Waals surface area contributed by atoms with Crippen molar-refractivity contribution in [2.24, 2.45) is 5.92 Å². The van der Waals surface area contributed by atoms with Crippen molar-refractivity contribution >= 4 is 5.69 Å². The maximum atomic E-state index is 10.6. The first-order chi connectivity index (χ1) is 14.5. The number of hydrogen-bond donors (Lipinski definition) is 5. The molecule has 0 amide bonds. The van der Waals surface area contributed by atoms with Crippen molar-refractivity contribution in [3.8, 4) is 5.75 Å². The number of aliphatic hydroxyl groups excluding tert-OH is 4. The van der Waals surface area contributed by atoms with Gasteiger partial charge in [0, 0.05) is 25.0 Å². The van der Waals surface area contributed by atoms with Crippen LogP contribution in [0.15, 0.2) is 36.4 Å². The third-order valence-corrected chi connectivity index (χ3v) is 6.54. The summed E-state index contributed by atoms with van der Waals surface area (Å²) in [5.74, 6) is 0.0978. The zero-order chi connectivity index (χ0) is 21.3. The molecule has 0 aromatic heterocycles. The van der Waals surface area contributed by atoms with Gasteiger partial charge in [0.2, 0.25) is 0 Å².